The van der Waals surface area contributed by atoms with Crippen molar-refractivity contribution in [2.75, 3.05) is 17.4 Å². The quantitative estimate of drug-likeness (QED) is 0.534. The molecule has 3 aromatic carbocycles. The van der Waals surface area contributed by atoms with Gasteiger partial charge in [-0.25, -0.2) is 4.39 Å². The van der Waals surface area contributed by atoms with Crippen molar-refractivity contribution in [1.29, 1.82) is 0 Å². The molecule has 0 aliphatic carbocycles. The van der Waals surface area contributed by atoms with Crippen LogP contribution in [-0.2, 0) is 4.79 Å². The Morgan fingerprint density at radius 2 is 1.71 bits per heavy atom. The fraction of sp³-hybridized carbons (Fsp3) is 0.130. The highest BCUT2D eigenvalue weighted by Gasteiger charge is 2.18. The van der Waals surface area contributed by atoms with Gasteiger partial charge in [0.1, 0.15) is 5.82 Å². The van der Waals surface area contributed by atoms with E-state index in [1.54, 1.807) is 49.4 Å². The number of hydrogen-bond donors (Lipinski definition) is 2. The third-order valence-electron chi connectivity index (χ3n) is 4.53. The predicted octanol–water partition coefficient (Wildman–Crippen LogP) is 4.93. The van der Waals surface area contributed by atoms with Crippen LogP contribution in [0.2, 0.25) is 0 Å². The molecule has 1 atom stereocenters. The van der Waals surface area contributed by atoms with Gasteiger partial charge in [-0.3, -0.25) is 9.59 Å². The third kappa shape index (κ3) is 4.97. The van der Waals surface area contributed by atoms with Crippen molar-refractivity contribution in [2.45, 2.75) is 17.1 Å². The van der Waals surface area contributed by atoms with Crippen LogP contribution in [0, 0.1) is 5.82 Å². The molecule has 1 unspecified atom stereocenters. The number of carbonyl (C=O) groups excluding carboxylic acids is 2. The van der Waals surface area contributed by atoms with E-state index in [2.05, 4.69) is 10.6 Å². The van der Waals surface area contributed by atoms with Gasteiger partial charge < -0.3 is 20.1 Å². The lowest BCUT2D eigenvalue weighted by Gasteiger charge is -2.13. The van der Waals surface area contributed by atoms with Crippen molar-refractivity contribution in [3.05, 3.63) is 78.1 Å². The summed E-state index contributed by atoms with van der Waals surface area (Å²) in [6.07, 6.45) is 0. The van der Waals surface area contributed by atoms with Crippen LogP contribution in [-0.4, -0.2) is 23.9 Å². The van der Waals surface area contributed by atoms with Crippen molar-refractivity contribution >= 4 is 35.0 Å². The van der Waals surface area contributed by atoms with Crippen molar-refractivity contribution in [3.8, 4) is 11.5 Å². The molecule has 2 amide bonds. The average Bonchev–Trinajstić information content (AvgIpc) is 3.22. The molecule has 2 N–H and O–H groups in total. The molecule has 6 nitrogen and oxygen atoms in total. The number of nitrogens with one attached hydrogen (secondary N) is 2. The molecule has 0 spiro atoms. The second kappa shape index (κ2) is 9.09. The van der Waals surface area contributed by atoms with E-state index in [0.717, 1.165) is 4.90 Å². The Morgan fingerprint density at radius 1 is 0.935 bits per heavy atom. The summed E-state index contributed by atoms with van der Waals surface area (Å²) in [6, 6.07) is 18.1. The van der Waals surface area contributed by atoms with Gasteiger partial charge in [-0.15, -0.1) is 11.8 Å². The number of anilines is 2. The molecule has 0 radical (unpaired) electrons. The van der Waals surface area contributed by atoms with E-state index in [1.807, 2.05) is 6.07 Å². The zero-order valence-electron chi connectivity index (χ0n) is 16.6. The largest absolute Gasteiger partial charge is 0.454 e. The van der Waals surface area contributed by atoms with E-state index in [1.165, 1.54) is 30.0 Å². The van der Waals surface area contributed by atoms with E-state index >= 15 is 0 Å². The minimum atomic E-state index is -0.584. The molecule has 0 saturated heterocycles. The van der Waals surface area contributed by atoms with Gasteiger partial charge in [0.25, 0.3) is 5.91 Å². The fourth-order valence-corrected chi connectivity index (χ4v) is 3.89. The second-order valence-corrected chi connectivity index (χ2v) is 8.19. The summed E-state index contributed by atoms with van der Waals surface area (Å²) >= 11 is 1.34. The molecule has 1 aliphatic heterocycles. The summed E-state index contributed by atoms with van der Waals surface area (Å²) in [5, 5.41) is 5.15. The lowest BCUT2D eigenvalue weighted by Crippen LogP contribution is -2.22. The van der Waals surface area contributed by atoms with Gasteiger partial charge >= 0.3 is 0 Å². The van der Waals surface area contributed by atoms with Crippen LogP contribution in [0.1, 0.15) is 17.3 Å². The van der Waals surface area contributed by atoms with E-state index < -0.39 is 17.0 Å². The number of carbonyl (C=O) groups is 2. The van der Waals surface area contributed by atoms with Crippen molar-refractivity contribution in [2.24, 2.45) is 0 Å². The van der Waals surface area contributed by atoms with E-state index in [0.29, 0.717) is 22.9 Å². The summed E-state index contributed by atoms with van der Waals surface area (Å²) in [7, 11) is 0. The van der Waals surface area contributed by atoms with Crippen LogP contribution < -0.4 is 20.1 Å². The van der Waals surface area contributed by atoms with Gasteiger partial charge in [-0.1, -0.05) is 18.2 Å². The third-order valence-corrected chi connectivity index (χ3v) is 5.63. The van der Waals surface area contributed by atoms with E-state index in [9.17, 15) is 14.0 Å². The van der Waals surface area contributed by atoms with E-state index in [-0.39, 0.29) is 18.3 Å². The number of benzene rings is 3. The maximum absolute atomic E-state index is 13.8. The lowest BCUT2D eigenvalue weighted by molar-refractivity contribution is -0.115. The smallest absolute Gasteiger partial charge is 0.258 e. The monoisotopic (exact) mass is 438 g/mol. The minimum Gasteiger partial charge on any atom is -0.454 e. The van der Waals surface area contributed by atoms with Crippen LogP contribution >= 0.6 is 11.8 Å². The zero-order chi connectivity index (χ0) is 21.8. The Balaban J connectivity index is 1.38. The molecule has 0 bridgehead atoms. The van der Waals surface area contributed by atoms with Crippen molar-refractivity contribution < 1.29 is 23.5 Å². The van der Waals surface area contributed by atoms with Crippen LogP contribution in [0.15, 0.2) is 71.6 Å². The predicted molar refractivity (Wildman–Crippen MR) is 117 cm³/mol. The summed E-state index contributed by atoms with van der Waals surface area (Å²) < 4.78 is 24.4. The Bertz CT molecular complexity index is 1140. The maximum atomic E-state index is 13.8. The van der Waals surface area contributed by atoms with Crippen LogP contribution in [0.4, 0.5) is 15.8 Å². The standard InChI is InChI=1S/C23H19FN2O4S/c1-14(22(27)25-16-9-10-20-21(12-16)30-13-29-20)31-17-6-4-5-15(11-17)26-23(28)18-7-2-3-8-19(18)24/h2-12,14H,13H2,1H3,(H,25,27)(H,26,28). The summed E-state index contributed by atoms with van der Waals surface area (Å²) in [6.45, 7) is 1.96. The first-order chi connectivity index (χ1) is 15.0. The Morgan fingerprint density at radius 3 is 2.55 bits per heavy atom. The molecular formula is C23H19FN2O4S. The van der Waals surface area contributed by atoms with Crippen LogP contribution in [0.25, 0.3) is 0 Å². The highest BCUT2D eigenvalue weighted by Crippen LogP contribution is 2.34. The molecule has 1 aliphatic rings. The number of fused-ring (bicyclic) bond motifs is 1. The molecule has 0 fully saturated rings. The summed E-state index contributed by atoms with van der Waals surface area (Å²) in [5.41, 5.74) is 1.10. The highest BCUT2D eigenvalue weighted by molar-refractivity contribution is 8.00. The Labute approximate surface area is 182 Å². The lowest BCUT2D eigenvalue weighted by atomic mass is 10.2. The van der Waals surface area contributed by atoms with Gasteiger partial charge in [0, 0.05) is 22.3 Å². The zero-order valence-corrected chi connectivity index (χ0v) is 17.4. The van der Waals surface area contributed by atoms with Gasteiger partial charge in [-0.2, -0.15) is 0 Å². The molecular weight excluding hydrogens is 419 g/mol. The van der Waals surface area contributed by atoms with Crippen molar-refractivity contribution in [3.63, 3.8) is 0 Å². The Kier molecular flexibility index (Phi) is 6.08. The average molecular weight is 438 g/mol. The first-order valence-electron chi connectivity index (χ1n) is 9.53. The molecule has 31 heavy (non-hydrogen) atoms. The number of rotatable bonds is 6. The first-order valence-corrected chi connectivity index (χ1v) is 10.4. The molecule has 0 aromatic heterocycles. The van der Waals surface area contributed by atoms with Crippen molar-refractivity contribution in [1.82, 2.24) is 0 Å². The molecule has 8 heteroatoms. The summed E-state index contributed by atoms with van der Waals surface area (Å²) in [5.74, 6) is -0.0519. The number of hydrogen-bond acceptors (Lipinski definition) is 5. The highest BCUT2D eigenvalue weighted by atomic mass is 32.2. The van der Waals surface area contributed by atoms with Gasteiger partial charge in [-0.05, 0) is 49.4 Å². The molecule has 3 aromatic rings. The second-order valence-electron chi connectivity index (χ2n) is 6.78. The maximum Gasteiger partial charge on any atom is 0.258 e. The van der Waals surface area contributed by atoms with Crippen LogP contribution in [0.3, 0.4) is 0 Å². The number of thioether (sulfide) groups is 1. The van der Waals surface area contributed by atoms with Crippen LogP contribution in [0.5, 0.6) is 11.5 Å². The van der Waals surface area contributed by atoms with Gasteiger partial charge in [0.2, 0.25) is 12.7 Å². The van der Waals surface area contributed by atoms with E-state index in [4.69, 9.17) is 9.47 Å². The molecule has 1 heterocycles. The molecule has 0 saturated carbocycles. The Hall–Kier alpha value is -3.52. The minimum absolute atomic E-state index is 0.0305. The fourth-order valence-electron chi connectivity index (χ4n) is 2.97. The topological polar surface area (TPSA) is 76.7 Å². The SMILES string of the molecule is CC(Sc1cccc(NC(=O)c2ccccc2F)c1)C(=O)Nc1ccc2c(c1)OCO2. The number of amides is 2. The first kappa shape index (κ1) is 20.7. The van der Waals surface area contributed by atoms with Gasteiger partial charge in [0.05, 0.1) is 10.8 Å². The van der Waals surface area contributed by atoms with Gasteiger partial charge in [0.15, 0.2) is 11.5 Å². The summed E-state index contributed by atoms with van der Waals surface area (Å²) in [4.78, 5) is 25.7. The number of halogens is 1. The normalized spacial score (nSPS) is 12.8. The molecule has 4 rings (SSSR count). The number of ether oxygens (including phenoxy) is 2. The molecule has 158 valence electrons.